The zero-order valence-electron chi connectivity index (χ0n) is 14.8. The Morgan fingerprint density at radius 1 is 1.22 bits per heavy atom. The molecule has 0 bridgehead atoms. The number of benzene rings is 1. The third-order valence-electron chi connectivity index (χ3n) is 3.88. The highest BCUT2D eigenvalue weighted by Gasteiger charge is 2.20. The van der Waals surface area contributed by atoms with Crippen molar-refractivity contribution in [3.63, 3.8) is 0 Å². The summed E-state index contributed by atoms with van der Waals surface area (Å²) in [4.78, 5) is 16.6. The van der Waals surface area contributed by atoms with Crippen LogP contribution in [0.15, 0.2) is 54.9 Å². The largest absolute Gasteiger partial charge is 0.487 e. The summed E-state index contributed by atoms with van der Waals surface area (Å²) >= 11 is 0. The minimum Gasteiger partial charge on any atom is -0.487 e. The van der Waals surface area contributed by atoms with Crippen LogP contribution in [0, 0.1) is 0 Å². The lowest BCUT2D eigenvalue weighted by atomic mass is 10.1. The molecule has 0 saturated carbocycles. The Morgan fingerprint density at radius 2 is 2.04 bits per heavy atom. The molecule has 1 N–H and O–H groups in total. The maximum Gasteiger partial charge on any atom is 0.267 e. The van der Waals surface area contributed by atoms with Crippen molar-refractivity contribution in [3.05, 3.63) is 66.0 Å². The number of nitrogens with zero attached hydrogens (tertiary/aromatic N) is 3. The average molecular weight is 386 g/mol. The number of H-pyrrole nitrogens is 1. The highest BCUT2D eigenvalue weighted by Crippen LogP contribution is 2.18. The number of ether oxygens (including phenoxy) is 1. The van der Waals surface area contributed by atoms with E-state index < -0.39 is 15.9 Å². The zero-order valence-corrected chi connectivity index (χ0v) is 15.6. The summed E-state index contributed by atoms with van der Waals surface area (Å²) in [6, 6.07) is 12.1. The van der Waals surface area contributed by atoms with Crippen LogP contribution in [0.2, 0.25) is 0 Å². The summed E-state index contributed by atoms with van der Waals surface area (Å²) in [7, 11) is -2.37. The van der Waals surface area contributed by atoms with E-state index in [1.54, 1.807) is 42.7 Å². The summed E-state index contributed by atoms with van der Waals surface area (Å²) in [5.74, 6) is -0.0202. The molecule has 1 aromatic carbocycles. The van der Waals surface area contributed by atoms with Crippen molar-refractivity contribution in [2.24, 2.45) is 0 Å². The van der Waals surface area contributed by atoms with Crippen LogP contribution in [0.25, 0.3) is 11.4 Å². The molecule has 3 aromatic rings. The van der Waals surface area contributed by atoms with Crippen molar-refractivity contribution in [2.45, 2.75) is 6.61 Å². The minimum atomic E-state index is -3.60. The van der Waals surface area contributed by atoms with E-state index in [1.807, 2.05) is 12.1 Å². The molecule has 0 saturated heterocycles. The van der Waals surface area contributed by atoms with E-state index in [0.717, 1.165) is 23.2 Å². The van der Waals surface area contributed by atoms with E-state index in [4.69, 9.17) is 4.74 Å². The number of aromatic nitrogens is 3. The molecule has 0 aliphatic rings. The smallest absolute Gasteiger partial charge is 0.267 e. The second-order valence-electron chi connectivity index (χ2n) is 5.87. The van der Waals surface area contributed by atoms with Gasteiger partial charge in [0.15, 0.2) is 0 Å². The van der Waals surface area contributed by atoms with Crippen LogP contribution >= 0.6 is 0 Å². The Hall–Kier alpha value is -3.20. The monoisotopic (exact) mass is 386 g/mol. The number of nitrogens with one attached hydrogen (secondary N) is 1. The molecule has 0 aliphatic heterocycles. The number of pyridine rings is 1. The van der Waals surface area contributed by atoms with E-state index in [2.05, 4.69) is 15.2 Å². The molecule has 140 valence electrons. The molecule has 2 aromatic heterocycles. The van der Waals surface area contributed by atoms with Crippen molar-refractivity contribution < 1.29 is 17.9 Å². The lowest BCUT2D eigenvalue weighted by molar-refractivity contribution is 0.0883. The highest BCUT2D eigenvalue weighted by molar-refractivity contribution is 7.88. The van der Waals surface area contributed by atoms with Gasteiger partial charge >= 0.3 is 0 Å². The molecule has 0 aliphatic carbocycles. The number of carbonyl (C=O) groups excluding carboxylic acids is 1. The van der Waals surface area contributed by atoms with E-state index >= 15 is 0 Å². The summed E-state index contributed by atoms with van der Waals surface area (Å²) < 4.78 is 29.5. The number of sulfonamides is 1. The van der Waals surface area contributed by atoms with Gasteiger partial charge < -0.3 is 4.74 Å². The molecule has 0 fully saturated rings. The first-order chi connectivity index (χ1) is 12.8. The van der Waals surface area contributed by atoms with Gasteiger partial charge in [-0.25, -0.2) is 12.7 Å². The summed E-state index contributed by atoms with van der Waals surface area (Å²) in [5.41, 5.74) is 2.57. The SMILES string of the molecule is CN(C(=O)c1cccc(COc2ccc(-c3ccn[nH]3)nc2)c1)S(C)(=O)=O. The minimum absolute atomic E-state index is 0.217. The average Bonchev–Trinajstić information content (AvgIpc) is 3.20. The maximum atomic E-state index is 12.3. The number of hydrogen-bond donors (Lipinski definition) is 1. The topological polar surface area (TPSA) is 105 Å². The summed E-state index contributed by atoms with van der Waals surface area (Å²) in [5, 5.41) is 6.72. The highest BCUT2D eigenvalue weighted by atomic mass is 32.2. The van der Waals surface area contributed by atoms with Crippen molar-refractivity contribution >= 4 is 15.9 Å². The molecule has 27 heavy (non-hydrogen) atoms. The van der Waals surface area contributed by atoms with Gasteiger partial charge in [-0.2, -0.15) is 5.10 Å². The Bertz CT molecular complexity index is 1030. The molecule has 3 rings (SSSR count). The van der Waals surface area contributed by atoms with Crippen LogP contribution in [0.1, 0.15) is 15.9 Å². The third-order valence-corrected chi connectivity index (χ3v) is 5.04. The zero-order chi connectivity index (χ0) is 19.4. The first-order valence-corrected chi connectivity index (χ1v) is 9.85. The van der Waals surface area contributed by atoms with Gasteiger partial charge in [-0.1, -0.05) is 12.1 Å². The second-order valence-corrected chi connectivity index (χ2v) is 7.89. The maximum absolute atomic E-state index is 12.3. The fourth-order valence-corrected chi connectivity index (χ4v) is 2.72. The fourth-order valence-electron chi connectivity index (χ4n) is 2.32. The van der Waals surface area contributed by atoms with Gasteiger partial charge in [0, 0.05) is 18.8 Å². The van der Waals surface area contributed by atoms with Crippen LogP contribution in [0.5, 0.6) is 5.75 Å². The number of carbonyl (C=O) groups is 1. The summed E-state index contributed by atoms with van der Waals surface area (Å²) in [6.07, 6.45) is 4.23. The number of aromatic amines is 1. The Morgan fingerprint density at radius 3 is 2.67 bits per heavy atom. The molecular weight excluding hydrogens is 368 g/mol. The van der Waals surface area contributed by atoms with Gasteiger partial charge in [-0.3, -0.25) is 14.9 Å². The molecule has 0 atom stereocenters. The van der Waals surface area contributed by atoms with E-state index in [1.165, 1.54) is 7.05 Å². The molecule has 0 radical (unpaired) electrons. The van der Waals surface area contributed by atoms with E-state index in [0.29, 0.717) is 10.1 Å². The molecule has 8 nitrogen and oxygen atoms in total. The Kier molecular flexibility index (Phi) is 5.22. The summed E-state index contributed by atoms with van der Waals surface area (Å²) in [6.45, 7) is 0.217. The van der Waals surface area contributed by atoms with Crippen LogP contribution < -0.4 is 4.74 Å². The normalized spacial score (nSPS) is 11.2. The molecule has 0 spiro atoms. The van der Waals surface area contributed by atoms with E-state index in [-0.39, 0.29) is 12.2 Å². The third kappa shape index (κ3) is 4.50. The first kappa shape index (κ1) is 18.6. The van der Waals surface area contributed by atoms with Gasteiger partial charge in [0.05, 0.1) is 23.8 Å². The number of rotatable bonds is 6. The Balaban J connectivity index is 1.67. The van der Waals surface area contributed by atoms with Crippen LogP contribution in [0.3, 0.4) is 0 Å². The van der Waals surface area contributed by atoms with Crippen molar-refractivity contribution in [2.75, 3.05) is 13.3 Å². The predicted molar refractivity (Wildman–Crippen MR) is 99.5 cm³/mol. The second kappa shape index (κ2) is 7.58. The van der Waals surface area contributed by atoms with Crippen molar-refractivity contribution in [1.29, 1.82) is 0 Å². The van der Waals surface area contributed by atoms with Crippen LogP contribution in [0.4, 0.5) is 0 Å². The fraction of sp³-hybridized carbons (Fsp3) is 0.167. The van der Waals surface area contributed by atoms with Gasteiger partial charge in [0.2, 0.25) is 10.0 Å². The van der Waals surface area contributed by atoms with Gasteiger partial charge in [-0.05, 0) is 35.9 Å². The number of hydrogen-bond acceptors (Lipinski definition) is 6. The van der Waals surface area contributed by atoms with Gasteiger partial charge in [0.1, 0.15) is 12.4 Å². The number of amides is 1. The standard InChI is InChI=1S/C18H18N4O4S/c1-22(27(2,24)25)18(23)14-5-3-4-13(10-14)12-26-15-6-7-16(19-11-15)17-8-9-20-21-17/h3-11H,12H2,1-2H3,(H,20,21). The molecule has 0 unspecified atom stereocenters. The predicted octanol–water partition coefficient (Wildman–Crippen LogP) is 2.08. The van der Waals surface area contributed by atoms with Crippen LogP contribution in [-0.2, 0) is 16.6 Å². The van der Waals surface area contributed by atoms with E-state index in [9.17, 15) is 13.2 Å². The quantitative estimate of drug-likeness (QED) is 0.695. The Labute approximate surface area is 156 Å². The first-order valence-electron chi connectivity index (χ1n) is 8.00. The molecule has 9 heteroatoms. The van der Waals surface area contributed by atoms with Crippen molar-refractivity contribution in [3.8, 4) is 17.1 Å². The molecular formula is C18H18N4O4S. The van der Waals surface area contributed by atoms with Crippen LogP contribution in [-0.4, -0.2) is 47.1 Å². The lowest BCUT2D eigenvalue weighted by Gasteiger charge is -2.15. The molecule has 1 amide bonds. The van der Waals surface area contributed by atoms with Crippen molar-refractivity contribution in [1.82, 2.24) is 19.5 Å². The van der Waals surface area contributed by atoms with Gasteiger partial charge in [0.25, 0.3) is 5.91 Å². The molecule has 2 heterocycles. The van der Waals surface area contributed by atoms with Gasteiger partial charge in [-0.15, -0.1) is 0 Å². The lowest BCUT2D eigenvalue weighted by Crippen LogP contribution is -2.32.